The van der Waals surface area contributed by atoms with Crippen molar-refractivity contribution in [3.63, 3.8) is 0 Å². The van der Waals surface area contributed by atoms with Gasteiger partial charge in [-0.3, -0.25) is 0 Å². The van der Waals surface area contributed by atoms with Crippen molar-refractivity contribution in [2.45, 2.75) is 27.7 Å². The van der Waals surface area contributed by atoms with E-state index in [4.69, 9.17) is 0 Å². The van der Waals surface area contributed by atoms with Crippen LogP contribution in [0.5, 0.6) is 0 Å². The van der Waals surface area contributed by atoms with Crippen LogP contribution in [0.1, 0.15) is 30.5 Å². The van der Waals surface area contributed by atoms with Crippen molar-refractivity contribution in [2.24, 2.45) is 5.92 Å². The normalized spacial score (nSPS) is 10.8. The van der Waals surface area contributed by atoms with Crippen LogP contribution in [0, 0.1) is 26.2 Å². The molecule has 1 aromatic rings. The van der Waals surface area contributed by atoms with Crippen LogP contribution in [0.4, 0.5) is 0 Å². The zero-order chi connectivity index (χ0) is 9.14. The van der Waals surface area contributed by atoms with E-state index >= 15 is 0 Å². The predicted octanol–water partition coefficient (Wildman–Crippen LogP) is 3.51. The summed E-state index contributed by atoms with van der Waals surface area (Å²) in [6.07, 6.45) is 2.32. The molecule has 0 spiro atoms. The molecule has 0 aliphatic rings. The first-order chi connectivity index (χ1) is 5.61. The van der Waals surface area contributed by atoms with E-state index in [1.807, 2.05) is 0 Å². The van der Waals surface area contributed by atoms with E-state index < -0.39 is 0 Å². The second-order valence-corrected chi connectivity index (χ2v) is 3.72. The molecular formula is C12H17. The van der Waals surface area contributed by atoms with Crippen molar-refractivity contribution in [2.75, 3.05) is 0 Å². The highest BCUT2D eigenvalue weighted by Crippen LogP contribution is 2.18. The van der Waals surface area contributed by atoms with E-state index in [2.05, 4.69) is 52.3 Å². The van der Waals surface area contributed by atoms with Gasteiger partial charge in [0.25, 0.3) is 0 Å². The standard InChI is InChI=1S/C12H17/c1-9(2)8-12-10(3)6-5-7-11(12)4/h5-9H,1-4H3. The number of hydrogen-bond donors (Lipinski definition) is 0. The quantitative estimate of drug-likeness (QED) is 0.622. The zero-order valence-corrected chi connectivity index (χ0v) is 8.39. The SMILES string of the molecule is Cc1cccc(C)c1[CH]C(C)C. The summed E-state index contributed by atoms with van der Waals surface area (Å²) in [7, 11) is 0. The molecule has 12 heavy (non-hydrogen) atoms. The van der Waals surface area contributed by atoms with Crippen LogP contribution in [0.2, 0.25) is 0 Å². The Bertz CT molecular complexity index is 238. The molecule has 0 heterocycles. The van der Waals surface area contributed by atoms with Gasteiger partial charge in [0.1, 0.15) is 0 Å². The maximum absolute atomic E-state index is 2.32. The Morgan fingerprint density at radius 2 is 1.58 bits per heavy atom. The average molecular weight is 161 g/mol. The van der Waals surface area contributed by atoms with Crippen LogP contribution in [0.15, 0.2) is 18.2 Å². The topological polar surface area (TPSA) is 0 Å². The fraction of sp³-hybridized carbons (Fsp3) is 0.417. The second kappa shape index (κ2) is 3.75. The summed E-state index contributed by atoms with van der Waals surface area (Å²) in [6, 6.07) is 6.45. The highest BCUT2D eigenvalue weighted by atomic mass is 14.1. The molecule has 0 aliphatic carbocycles. The monoisotopic (exact) mass is 161 g/mol. The molecule has 1 aromatic carbocycles. The molecule has 1 radical (unpaired) electrons. The molecular weight excluding hydrogens is 144 g/mol. The molecule has 0 atom stereocenters. The van der Waals surface area contributed by atoms with Gasteiger partial charge in [0.15, 0.2) is 0 Å². The van der Waals surface area contributed by atoms with E-state index in [9.17, 15) is 0 Å². The minimum absolute atomic E-state index is 0.629. The number of hydrogen-bond acceptors (Lipinski definition) is 0. The van der Waals surface area contributed by atoms with E-state index in [-0.39, 0.29) is 0 Å². The largest absolute Gasteiger partial charge is 0.0622 e. The van der Waals surface area contributed by atoms with Crippen molar-refractivity contribution < 1.29 is 0 Å². The average Bonchev–Trinajstić information content (AvgIpc) is 1.97. The fourth-order valence-corrected chi connectivity index (χ4v) is 1.42. The zero-order valence-electron chi connectivity index (χ0n) is 8.39. The van der Waals surface area contributed by atoms with Crippen molar-refractivity contribution in [1.29, 1.82) is 0 Å². The molecule has 0 N–H and O–H groups in total. The van der Waals surface area contributed by atoms with Crippen molar-refractivity contribution in [3.8, 4) is 0 Å². The molecule has 0 nitrogen and oxygen atoms in total. The molecule has 0 aliphatic heterocycles. The van der Waals surface area contributed by atoms with E-state index in [0.717, 1.165) is 0 Å². The van der Waals surface area contributed by atoms with Gasteiger partial charge in [-0.05, 0) is 42.9 Å². The molecule has 0 saturated carbocycles. The first-order valence-electron chi connectivity index (χ1n) is 4.52. The van der Waals surface area contributed by atoms with Crippen molar-refractivity contribution in [1.82, 2.24) is 0 Å². The minimum atomic E-state index is 0.629. The summed E-state index contributed by atoms with van der Waals surface area (Å²) in [4.78, 5) is 0. The van der Waals surface area contributed by atoms with Crippen LogP contribution in [0.3, 0.4) is 0 Å². The summed E-state index contributed by atoms with van der Waals surface area (Å²) in [5, 5.41) is 0. The van der Waals surface area contributed by atoms with Crippen LogP contribution in [-0.4, -0.2) is 0 Å². The molecule has 0 bridgehead atoms. The second-order valence-electron chi connectivity index (χ2n) is 3.72. The molecule has 0 heteroatoms. The smallest absolute Gasteiger partial charge is 0.00621 e. The number of rotatable bonds is 2. The van der Waals surface area contributed by atoms with E-state index in [0.29, 0.717) is 5.92 Å². The van der Waals surface area contributed by atoms with Gasteiger partial charge < -0.3 is 0 Å². The maximum Gasteiger partial charge on any atom is -0.00621 e. The summed E-state index contributed by atoms with van der Waals surface area (Å²) in [5.74, 6) is 0.629. The number of aryl methyl sites for hydroxylation is 2. The van der Waals surface area contributed by atoms with Gasteiger partial charge in [-0.25, -0.2) is 0 Å². The number of benzene rings is 1. The molecule has 65 valence electrons. The third-order valence-electron chi connectivity index (χ3n) is 2.04. The summed E-state index contributed by atoms with van der Waals surface area (Å²) in [6.45, 7) is 8.76. The Morgan fingerprint density at radius 1 is 1.08 bits per heavy atom. The Labute approximate surface area is 75.6 Å². The Hall–Kier alpha value is -0.780. The minimum Gasteiger partial charge on any atom is -0.0622 e. The van der Waals surface area contributed by atoms with Crippen LogP contribution >= 0.6 is 0 Å². The van der Waals surface area contributed by atoms with Gasteiger partial charge in [-0.15, -0.1) is 0 Å². The predicted molar refractivity (Wildman–Crippen MR) is 54.2 cm³/mol. The van der Waals surface area contributed by atoms with E-state index in [1.165, 1.54) is 16.7 Å². The molecule has 0 fully saturated rings. The lowest BCUT2D eigenvalue weighted by atomic mass is 9.95. The van der Waals surface area contributed by atoms with Gasteiger partial charge in [0.05, 0.1) is 0 Å². The van der Waals surface area contributed by atoms with Gasteiger partial charge in [0.2, 0.25) is 0 Å². The third-order valence-corrected chi connectivity index (χ3v) is 2.04. The lowest BCUT2D eigenvalue weighted by Crippen LogP contribution is -1.96. The summed E-state index contributed by atoms with van der Waals surface area (Å²) in [5.41, 5.74) is 4.17. The van der Waals surface area contributed by atoms with Gasteiger partial charge >= 0.3 is 0 Å². The maximum atomic E-state index is 2.32. The van der Waals surface area contributed by atoms with Crippen molar-refractivity contribution >= 4 is 0 Å². The van der Waals surface area contributed by atoms with Crippen molar-refractivity contribution in [3.05, 3.63) is 41.3 Å². The van der Waals surface area contributed by atoms with Gasteiger partial charge in [-0.1, -0.05) is 32.0 Å². The highest BCUT2D eigenvalue weighted by Gasteiger charge is 2.03. The lowest BCUT2D eigenvalue weighted by molar-refractivity contribution is 0.772. The molecule has 0 saturated heterocycles. The fourth-order valence-electron chi connectivity index (χ4n) is 1.42. The Balaban J connectivity index is 2.96. The van der Waals surface area contributed by atoms with Gasteiger partial charge in [-0.2, -0.15) is 0 Å². The molecule has 1 rings (SSSR count). The summed E-state index contributed by atoms with van der Waals surface area (Å²) < 4.78 is 0. The Morgan fingerprint density at radius 3 is 2.00 bits per heavy atom. The molecule has 0 unspecified atom stereocenters. The van der Waals surface area contributed by atoms with E-state index in [1.54, 1.807) is 0 Å². The van der Waals surface area contributed by atoms with Crippen LogP contribution < -0.4 is 0 Å². The summed E-state index contributed by atoms with van der Waals surface area (Å²) >= 11 is 0. The molecule has 0 amide bonds. The first kappa shape index (κ1) is 9.31. The van der Waals surface area contributed by atoms with Crippen LogP contribution in [-0.2, 0) is 0 Å². The first-order valence-corrected chi connectivity index (χ1v) is 4.52. The molecule has 0 aromatic heterocycles. The van der Waals surface area contributed by atoms with Crippen LogP contribution in [0.25, 0.3) is 0 Å². The Kier molecular flexibility index (Phi) is 2.91. The third kappa shape index (κ3) is 2.10. The lowest BCUT2D eigenvalue weighted by Gasteiger charge is -2.10. The highest BCUT2D eigenvalue weighted by molar-refractivity contribution is 5.39. The van der Waals surface area contributed by atoms with Gasteiger partial charge in [0, 0.05) is 0 Å².